The van der Waals surface area contributed by atoms with E-state index in [2.05, 4.69) is 15.5 Å². The van der Waals surface area contributed by atoms with Crippen LogP contribution in [-0.2, 0) is 4.79 Å². The third-order valence-electron chi connectivity index (χ3n) is 2.85. The molecule has 0 fully saturated rings. The largest absolute Gasteiger partial charge is 0.477 e. The zero-order chi connectivity index (χ0) is 16.7. The summed E-state index contributed by atoms with van der Waals surface area (Å²) in [4.78, 5) is 25.9. The molecule has 2 rings (SSSR count). The minimum absolute atomic E-state index is 0.0283. The number of benzene rings is 1. The van der Waals surface area contributed by atoms with E-state index in [9.17, 15) is 14.9 Å². The number of carbonyl (C=O) groups is 1. The van der Waals surface area contributed by atoms with Gasteiger partial charge in [0.15, 0.2) is 12.4 Å². The molecule has 2 aromatic rings. The van der Waals surface area contributed by atoms with Crippen molar-refractivity contribution >= 4 is 17.3 Å². The summed E-state index contributed by atoms with van der Waals surface area (Å²) in [5.74, 6) is -0.494. The predicted octanol–water partition coefficient (Wildman–Crippen LogP) is 1.91. The van der Waals surface area contributed by atoms with Crippen molar-refractivity contribution in [1.29, 1.82) is 0 Å². The van der Waals surface area contributed by atoms with Gasteiger partial charge in [-0.1, -0.05) is 18.2 Å². The molecule has 1 heterocycles. The quantitative estimate of drug-likeness (QED) is 0.498. The van der Waals surface area contributed by atoms with Gasteiger partial charge in [-0.3, -0.25) is 19.9 Å². The number of nitrogens with zero attached hydrogens (tertiary/aromatic N) is 3. The van der Waals surface area contributed by atoms with E-state index in [0.29, 0.717) is 5.71 Å². The lowest BCUT2D eigenvalue weighted by Gasteiger charge is -2.06. The lowest BCUT2D eigenvalue weighted by atomic mass is 10.2. The lowest BCUT2D eigenvalue weighted by molar-refractivity contribution is -0.385. The molecule has 8 nitrogen and oxygen atoms in total. The van der Waals surface area contributed by atoms with Crippen LogP contribution in [0.4, 0.5) is 5.69 Å². The van der Waals surface area contributed by atoms with Crippen molar-refractivity contribution in [2.45, 2.75) is 6.92 Å². The van der Waals surface area contributed by atoms with Crippen molar-refractivity contribution in [3.05, 3.63) is 64.5 Å². The highest BCUT2D eigenvalue weighted by Gasteiger charge is 2.14. The molecule has 0 aliphatic heterocycles. The molecule has 0 saturated heterocycles. The molecule has 118 valence electrons. The summed E-state index contributed by atoms with van der Waals surface area (Å²) in [6.07, 6.45) is 3.25. The molecule has 0 atom stereocenters. The van der Waals surface area contributed by atoms with Gasteiger partial charge in [0.05, 0.1) is 10.6 Å². The summed E-state index contributed by atoms with van der Waals surface area (Å²) in [6, 6.07) is 9.40. The maximum atomic E-state index is 11.7. The van der Waals surface area contributed by atoms with Crippen LogP contribution in [0.3, 0.4) is 0 Å². The molecule has 23 heavy (non-hydrogen) atoms. The average molecular weight is 314 g/mol. The van der Waals surface area contributed by atoms with Crippen molar-refractivity contribution in [2.24, 2.45) is 5.10 Å². The maximum Gasteiger partial charge on any atom is 0.310 e. The second kappa shape index (κ2) is 7.64. The van der Waals surface area contributed by atoms with Gasteiger partial charge in [-0.05, 0) is 19.1 Å². The number of ether oxygens (including phenoxy) is 1. The number of amides is 1. The van der Waals surface area contributed by atoms with Crippen LogP contribution in [0.25, 0.3) is 0 Å². The van der Waals surface area contributed by atoms with Gasteiger partial charge in [0.2, 0.25) is 0 Å². The molecule has 0 bridgehead atoms. The molecular weight excluding hydrogens is 300 g/mol. The molecular formula is C15H14N4O4. The van der Waals surface area contributed by atoms with Crippen molar-refractivity contribution < 1.29 is 14.5 Å². The van der Waals surface area contributed by atoms with Crippen LogP contribution in [0.1, 0.15) is 12.5 Å². The van der Waals surface area contributed by atoms with Crippen molar-refractivity contribution in [2.75, 3.05) is 6.61 Å². The number of hydrogen-bond donors (Lipinski definition) is 1. The molecule has 8 heteroatoms. The molecule has 1 aromatic carbocycles. The highest BCUT2D eigenvalue weighted by Crippen LogP contribution is 2.25. The van der Waals surface area contributed by atoms with Gasteiger partial charge in [-0.15, -0.1) is 0 Å². The topological polar surface area (TPSA) is 107 Å². The number of carbonyl (C=O) groups excluding carboxylic acids is 1. The minimum atomic E-state index is -0.571. The fourth-order valence-corrected chi connectivity index (χ4v) is 1.69. The van der Waals surface area contributed by atoms with Crippen LogP contribution in [0.2, 0.25) is 0 Å². The highest BCUT2D eigenvalue weighted by atomic mass is 16.6. The molecule has 0 spiro atoms. The Hall–Kier alpha value is -3.29. The molecule has 0 unspecified atom stereocenters. The number of nitro benzene ring substituents is 1. The molecule has 1 amide bonds. The van der Waals surface area contributed by atoms with E-state index in [1.807, 2.05) is 6.07 Å². The monoisotopic (exact) mass is 314 g/mol. The summed E-state index contributed by atoms with van der Waals surface area (Å²) in [7, 11) is 0. The van der Waals surface area contributed by atoms with Gasteiger partial charge >= 0.3 is 5.69 Å². The summed E-state index contributed by atoms with van der Waals surface area (Å²) in [6.45, 7) is 1.34. The third-order valence-corrected chi connectivity index (χ3v) is 2.85. The van der Waals surface area contributed by atoms with Crippen molar-refractivity contribution in [1.82, 2.24) is 10.4 Å². The second-order valence-electron chi connectivity index (χ2n) is 4.49. The number of hydrazone groups is 1. The van der Waals surface area contributed by atoms with Crippen LogP contribution in [0.15, 0.2) is 53.9 Å². The van der Waals surface area contributed by atoms with E-state index in [0.717, 1.165) is 5.56 Å². The predicted molar refractivity (Wildman–Crippen MR) is 83.2 cm³/mol. The van der Waals surface area contributed by atoms with Crippen LogP contribution in [0, 0.1) is 10.1 Å². The first kappa shape index (κ1) is 16.1. The fourth-order valence-electron chi connectivity index (χ4n) is 1.69. The zero-order valence-electron chi connectivity index (χ0n) is 12.3. The Balaban J connectivity index is 1.92. The first-order chi connectivity index (χ1) is 11.1. The van der Waals surface area contributed by atoms with E-state index < -0.39 is 10.8 Å². The smallest absolute Gasteiger partial charge is 0.310 e. The zero-order valence-corrected chi connectivity index (χ0v) is 12.3. The van der Waals surface area contributed by atoms with Crippen LogP contribution in [0.5, 0.6) is 5.75 Å². The van der Waals surface area contributed by atoms with Crippen molar-refractivity contribution in [3.63, 3.8) is 0 Å². The number of pyridine rings is 1. The second-order valence-corrected chi connectivity index (χ2v) is 4.49. The van der Waals surface area contributed by atoms with Crippen LogP contribution >= 0.6 is 0 Å². The average Bonchev–Trinajstić information content (AvgIpc) is 2.58. The maximum absolute atomic E-state index is 11.7. The van der Waals surface area contributed by atoms with Crippen LogP contribution in [-0.4, -0.2) is 28.1 Å². The van der Waals surface area contributed by atoms with Gasteiger partial charge in [0.1, 0.15) is 0 Å². The molecule has 0 aliphatic rings. The Morgan fingerprint density at radius 1 is 1.35 bits per heavy atom. The van der Waals surface area contributed by atoms with E-state index >= 15 is 0 Å². The van der Waals surface area contributed by atoms with Gasteiger partial charge in [0.25, 0.3) is 5.91 Å². The van der Waals surface area contributed by atoms with Crippen molar-refractivity contribution in [3.8, 4) is 5.75 Å². The number of aromatic nitrogens is 1. The Bertz CT molecular complexity index is 731. The summed E-state index contributed by atoms with van der Waals surface area (Å²) >= 11 is 0. The number of nitrogens with one attached hydrogen (secondary N) is 1. The Labute approximate surface area is 132 Å². The first-order valence-corrected chi connectivity index (χ1v) is 6.67. The summed E-state index contributed by atoms with van der Waals surface area (Å²) in [5, 5.41) is 14.8. The van der Waals surface area contributed by atoms with Gasteiger partial charge in [-0.25, -0.2) is 5.43 Å². The van der Waals surface area contributed by atoms with E-state index in [-0.39, 0.29) is 18.0 Å². The minimum Gasteiger partial charge on any atom is -0.477 e. The molecule has 0 aliphatic carbocycles. The SMILES string of the molecule is C/C(=N\NC(=O)COc1ccccc1[N+](=O)[O-])c1cccnc1. The number of rotatable bonds is 6. The Morgan fingerprint density at radius 2 is 2.13 bits per heavy atom. The molecule has 0 saturated carbocycles. The van der Waals surface area contributed by atoms with Gasteiger partial charge in [-0.2, -0.15) is 5.10 Å². The summed E-state index contributed by atoms with van der Waals surface area (Å²) in [5.41, 5.74) is 3.48. The number of hydrogen-bond acceptors (Lipinski definition) is 6. The molecule has 1 aromatic heterocycles. The number of nitro groups is 1. The van der Waals surface area contributed by atoms with E-state index in [1.54, 1.807) is 31.5 Å². The highest BCUT2D eigenvalue weighted by molar-refractivity contribution is 5.98. The molecule has 1 N–H and O–H groups in total. The first-order valence-electron chi connectivity index (χ1n) is 6.67. The summed E-state index contributed by atoms with van der Waals surface area (Å²) < 4.78 is 5.16. The molecule has 0 radical (unpaired) electrons. The number of para-hydroxylation sites is 2. The van der Waals surface area contributed by atoms with Crippen LogP contribution < -0.4 is 10.2 Å². The Morgan fingerprint density at radius 3 is 2.83 bits per heavy atom. The van der Waals surface area contributed by atoms with Gasteiger partial charge < -0.3 is 4.74 Å². The van der Waals surface area contributed by atoms with Gasteiger partial charge in [0, 0.05) is 24.0 Å². The normalized spacial score (nSPS) is 10.9. The van der Waals surface area contributed by atoms with E-state index in [1.165, 1.54) is 18.2 Å². The third kappa shape index (κ3) is 4.60. The lowest BCUT2D eigenvalue weighted by Crippen LogP contribution is -2.25. The van der Waals surface area contributed by atoms with E-state index in [4.69, 9.17) is 4.74 Å². The standard InChI is InChI=1S/C15H14N4O4/c1-11(12-5-4-8-16-9-12)17-18-15(20)10-23-14-7-3-2-6-13(14)19(21)22/h2-9H,10H2,1H3,(H,18,20)/b17-11+. The fraction of sp³-hybridized carbons (Fsp3) is 0.133. The Kier molecular flexibility index (Phi) is 5.35.